The zero-order valence-corrected chi connectivity index (χ0v) is 20.7. The summed E-state index contributed by atoms with van der Waals surface area (Å²) in [6.07, 6.45) is 0. The standard InChI is InChI=1S/C32H19BrS/c33-29-11-6-12-31-32(29)28-18-23(15-16-30(28)34-31)27-19-26-22(14-13-21-9-4-5-10-24(21)26)17-25(27)20-7-2-1-3-8-20/h1-19H. The van der Waals surface area contributed by atoms with Crippen molar-refractivity contribution in [1.82, 2.24) is 0 Å². The van der Waals surface area contributed by atoms with E-state index in [-0.39, 0.29) is 0 Å². The third-order valence-electron chi connectivity index (χ3n) is 6.72. The van der Waals surface area contributed by atoms with E-state index in [0.29, 0.717) is 0 Å². The van der Waals surface area contributed by atoms with Gasteiger partial charge in [-0.25, -0.2) is 0 Å². The smallest absolute Gasteiger partial charge is 0.0366 e. The Bertz CT molecular complexity index is 1860. The lowest BCUT2D eigenvalue weighted by molar-refractivity contribution is 1.63. The molecule has 0 atom stereocenters. The minimum Gasteiger partial charge on any atom is -0.135 e. The van der Waals surface area contributed by atoms with Gasteiger partial charge in [0.2, 0.25) is 0 Å². The molecule has 7 aromatic rings. The molecule has 0 aliphatic carbocycles. The fraction of sp³-hybridized carbons (Fsp3) is 0. The van der Waals surface area contributed by atoms with Crippen molar-refractivity contribution in [2.45, 2.75) is 0 Å². The van der Waals surface area contributed by atoms with Crippen LogP contribution in [0.15, 0.2) is 120 Å². The van der Waals surface area contributed by atoms with Crippen LogP contribution in [0.5, 0.6) is 0 Å². The highest BCUT2D eigenvalue weighted by Crippen LogP contribution is 2.43. The maximum absolute atomic E-state index is 3.80. The number of rotatable bonds is 2. The summed E-state index contributed by atoms with van der Waals surface area (Å²) in [4.78, 5) is 0. The van der Waals surface area contributed by atoms with Crippen LogP contribution >= 0.6 is 27.3 Å². The second-order valence-electron chi connectivity index (χ2n) is 8.70. The van der Waals surface area contributed by atoms with Crippen LogP contribution in [-0.4, -0.2) is 0 Å². The van der Waals surface area contributed by atoms with E-state index in [1.807, 2.05) is 11.3 Å². The van der Waals surface area contributed by atoms with Gasteiger partial charge in [-0.3, -0.25) is 0 Å². The van der Waals surface area contributed by atoms with Crippen LogP contribution in [0.1, 0.15) is 0 Å². The molecule has 34 heavy (non-hydrogen) atoms. The van der Waals surface area contributed by atoms with Crippen molar-refractivity contribution in [1.29, 1.82) is 0 Å². The van der Waals surface area contributed by atoms with Gasteiger partial charge in [0.05, 0.1) is 0 Å². The van der Waals surface area contributed by atoms with Crippen molar-refractivity contribution in [2.75, 3.05) is 0 Å². The van der Waals surface area contributed by atoms with Crippen molar-refractivity contribution in [3.63, 3.8) is 0 Å². The Kier molecular flexibility index (Phi) is 4.58. The van der Waals surface area contributed by atoms with E-state index >= 15 is 0 Å². The Hall–Kier alpha value is -3.46. The van der Waals surface area contributed by atoms with Crippen molar-refractivity contribution in [2.24, 2.45) is 0 Å². The number of halogens is 1. The first kappa shape index (κ1) is 20.0. The zero-order valence-electron chi connectivity index (χ0n) is 18.3. The van der Waals surface area contributed by atoms with E-state index in [9.17, 15) is 0 Å². The molecule has 0 amide bonds. The monoisotopic (exact) mass is 514 g/mol. The highest BCUT2D eigenvalue weighted by Gasteiger charge is 2.14. The Labute approximate surface area is 210 Å². The summed E-state index contributed by atoms with van der Waals surface area (Å²) in [7, 11) is 0. The van der Waals surface area contributed by atoms with E-state index in [1.54, 1.807) is 0 Å². The second kappa shape index (κ2) is 7.80. The lowest BCUT2D eigenvalue weighted by Crippen LogP contribution is -1.88. The molecule has 0 N–H and O–H groups in total. The first-order valence-corrected chi connectivity index (χ1v) is 13.0. The molecule has 7 rings (SSSR count). The summed E-state index contributed by atoms with van der Waals surface area (Å²) in [6, 6.07) is 42.0. The Morgan fingerprint density at radius 1 is 0.471 bits per heavy atom. The summed E-state index contributed by atoms with van der Waals surface area (Å²) < 4.78 is 3.79. The molecule has 2 heteroatoms. The molecule has 0 aliphatic rings. The highest BCUT2D eigenvalue weighted by atomic mass is 79.9. The topological polar surface area (TPSA) is 0 Å². The van der Waals surface area contributed by atoms with Gasteiger partial charge in [-0.1, -0.05) is 94.8 Å². The fourth-order valence-corrected chi connectivity index (χ4v) is 6.92. The van der Waals surface area contributed by atoms with E-state index in [1.165, 1.54) is 64.0 Å². The first-order chi connectivity index (χ1) is 16.8. The third kappa shape index (κ3) is 3.10. The first-order valence-electron chi connectivity index (χ1n) is 11.4. The lowest BCUT2D eigenvalue weighted by Gasteiger charge is -2.14. The van der Waals surface area contributed by atoms with Crippen LogP contribution in [-0.2, 0) is 0 Å². The van der Waals surface area contributed by atoms with Crippen LogP contribution in [0.2, 0.25) is 0 Å². The van der Waals surface area contributed by atoms with Crippen molar-refractivity contribution in [3.8, 4) is 22.3 Å². The van der Waals surface area contributed by atoms with Gasteiger partial charge < -0.3 is 0 Å². The fourth-order valence-electron chi connectivity index (χ4n) is 5.10. The van der Waals surface area contributed by atoms with Gasteiger partial charge in [0.15, 0.2) is 0 Å². The molecule has 0 saturated carbocycles. The van der Waals surface area contributed by atoms with Gasteiger partial charge in [0.1, 0.15) is 0 Å². The quantitative estimate of drug-likeness (QED) is 0.201. The Morgan fingerprint density at radius 2 is 1.26 bits per heavy atom. The summed E-state index contributed by atoms with van der Waals surface area (Å²) >= 11 is 5.65. The predicted molar refractivity (Wildman–Crippen MR) is 153 cm³/mol. The van der Waals surface area contributed by atoms with Crippen LogP contribution in [0.4, 0.5) is 0 Å². The van der Waals surface area contributed by atoms with Crippen molar-refractivity contribution < 1.29 is 0 Å². The van der Waals surface area contributed by atoms with Gasteiger partial charge in [0, 0.05) is 24.6 Å². The Balaban J connectivity index is 1.58. The van der Waals surface area contributed by atoms with E-state index < -0.39 is 0 Å². The molecule has 1 aromatic heterocycles. The number of benzene rings is 6. The average molecular weight is 515 g/mol. The molecule has 0 unspecified atom stereocenters. The van der Waals surface area contributed by atoms with Gasteiger partial charge >= 0.3 is 0 Å². The Morgan fingerprint density at radius 3 is 2.18 bits per heavy atom. The largest absolute Gasteiger partial charge is 0.135 e. The molecular weight excluding hydrogens is 496 g/mol. The van der Waals surface area contributed by atoms with Crippen LogP contribution in [0.25, 0.3) is 64.0 Å². The minimum atomic E-state index is 1.15. The molecule has 0 saturated heterocycles. The number of fused-ring (bicyclic) bond motifs is 6. The number of hydrogen-bond acceptors (Lipinski definition) is 1. The minimum absolute atomic E-state index is 1.15. The maximum atomic E-state index is 3.80. The summed E-state index contributed by atoms with van der Waals surface area (Å²) in [5.74, 6) is 0. The molecular formula is C32H19BrS. The second-order valence-corrected chi connectivity index (χ2v) is 10.6. The highest BCUT2D eigenvalue weighted by molar-refractivity contribution is 9.10. The van der Waals surface area contributed by atoms with E-state index in [0.717, 1.165) is 4.47 Å². The summed E-state index contributed by atoms with van der Waals surface area (Å²) in [5.41, 5.74) is 5.02. The molecule has 0 fully saturated rings. The van der Waals surface area contributed by atoms with Gasteiger partial charge in [0.25, 0.3) is 0 Å². The predicted octanol–water partition coefficient (Wildman–Crippen LogP) is 10.5. The van der Waals surface area contributed by atoms with Crippen molar-refractivity contribution in [3.05, 3.63) is 120 Å². The molecule has 1 heterocycles. The van der Waals surface area contributed by atoms with Gasteiger partial charge in [-0.05, 0) is 80.2 Å². The van der Waals surface area contributed by atoms with Gasteiger partial charge in [-0.2, -0.15) is 0 Å². The van der Waals surface area contributed by atoms with E-state index in [2.05, 4.69) is 131 Å². The molecule has 0 nitrogen and oxygen atoms in total. The number of hydrogen-bond donors (Lipinski definition) is 0. The SMILES string of the molecule is Brc1cccc2sc3ccc(-c4cc5c(ccc6ccccc65)cc4-c4ccccc4)cc3c12. The maximum Gasteiger partial charge on any atom is 0.0366 e. The van der Waals surface area contributed by atoms with Gasteiger partial charge in [-0.15, -0.1) is 11.3 Å². The van der Waals surface area contributed by atoms with Crippen molar-refractivity contribution >= 4 is 69.0 Å². The summed E-state index contributed by atoms with van der Waals surface area (Å²) in [5, 5.41) is 7.75. The van der Waals surface area contributed by atoms with Crippen LogP contribution in [0.3, 0.4) is 0 Å². The third-order valence-corrected chi connectivity index (χ3v) is 8.52. The van der Waals surface area contributed by atoms with E-state index in [4.69, 9.17) is 0 Å². The molecule has 160 valence electrons. The lowest BCUT2D eigenvalue weighted by atomic mass is 9.89. The van der Waals surface area contributed by atoms with Crippen LogP contribution in [0, 0.1) is 0 Å². The normalized spacial score (nSPS) is 11.7. The zero-order chi connectivity index (χ0) is 22.6. The molecule has 6 aromatic carbocycles. The number of thiophene rings is 1. The molecule has 0 radical (unpaired) electrons. The molecule has 0 spiro atoms. The molecule has 0 bridgehead atoms. The summed E-state index contributed by atoms with van der Waals surface area (Å²) in [6.45, 7) is 0. The average Bonchev–Trinajstić information content (AvgIpc) is 3.27. The molecule has 0 aliphatic heterocycles. The van der Waals surface area contributed by atoms with Crippen LogP contribution < -0.4 is 0 Å².